The molecule has 3 aromatic rings. The summed E-state index contributed by atoms with van der Waals surface area (Å²) in [5.74, 6) is -0.0341. The number of amides is 1. The lowest BCUT2D eigenvalue weighted by Crippen LogP contribution is -2.28. The second-order valence-corrected chi connectivity index (χ2v) is 6.91. The van der Waals surface area contributed by atoms with E-state index in [4.69, 9.17) is 0 Å². The highest BCUT2D eigenvalue weighted by molar-refractivity contribution is 9.10. The Morgan fingerprint density at radius 1 is 1.12 bits per heavy atom. The van der Waals surface area contributed by atoms with E-state index < -0.39 is 0 Å². The van der Waals surface area contributed by atoms with Gasteiger partial charge in [0.2, 0.25) is 0 Å². The Morgan fingerprint density at radius 2 is 1.73 bits per heavy atom. The van der Waals surface area contributed by atoms with Crippen molar-refractivity contribution in [3.63, 3.8) is 0 Å². The van der Waals surface area contributed by atoms with E-state index in [9.17, 15) is 4.79 Å². The molecule has 4 nitrogen and oxygen atoms in total. The van der Waals surface area contributed by atoms with Crippen LogP contribution >= 0.6 is 15.9 Å². The second kappa shape index (κ2) is 8.15. The van der Waals surface area contributed by atoms with Crippen LogP contribution in [0, 0.1) is 0 Å². The largest absolute Gasteiger partial charge is 0.336 e. The molecule has 0 spiro atoms. The molecule has 132 valence electrons. The number of benzene rings is 2. The molecule has 0 bridgehead atoms. The molecule has 0 radical (unpaired) electrons. The van der Waals surface area contributed by atoms with E-state index in [1.807, 2.05) is 80.8 Å². The van der Waals surface area contributed by atoms with Crippen molar-refractivity contribution in [3.05, 3.63) is 88.2 Å². The maximum absolute atomic E-state index is 13.2. The summed E-state index contributed by atoms with van der Waals surface area (Å²) in [6.45, 7) is 0.467. The first kappa shape index (κ1) is 18.1. The van der Waals surface area contributed by atoms with Gasteiger partial charge in [-0.3, -0.25) is 9.48 Å². The topological polar surface area (TPSA) is 38.1 Å². The summed E-state index contributed by atoms with van der Waals surface area (Å²) >= 11 is 3.49. The molecule has 0 aliphatic heterocycles. The first-order valence-electron chi connectivity index (χ1n) is 8.30. The third kappa shape index (κ3) is 4.11. The summed E-state index contributed by atoms with van der Waals surface area (Å²) in [6, 6.07) is 19.6. The molecule has 0 aliphatic carbocycles. The quantitative estimate of drug-likeness (QED) is 0.463. The molecule has 0 fully saturated rings. The molecule has 0 N–H and O–H groups in total. The lowest BCUT2D eigenvalue weighted by molar-refractivity contribution is -0.124. The molecule has 0 saturated carbocycles. The van der Waals surface area contributed by atoms with Crippen molar-refractivity contribution in [2.75, 3.05) is 7.05 Å². The van der Waals surface area contributed by atoms with Gasteiger partial charge >= 0.3 is 0 Å². The lowest BCUT2D eigenvalue weighted by atomic mass is 10.0. The van der Waals surface area contributed by atoms with Crippen LogP contribution in [-0.4, -0.2) is 27.6 Å². The van der Waals surface area contributed by atoms with Crippen LogP contribution in [0.1, 0.15) is 16.8 Å². The average Bonchev–Trinajstić information content (AvgIpc) is 2.99. The van der Waals surface area contributed by atoms with Crippen molar-refractivity contribution in [3.8, 4) is 0 Å². The Balaban J connectivity index is 1.94. The molecule has 0 aliphatic rings. The van der Waals surface area contributed by atoms with Crippen LogP contribution in [0.4, 0.5) is 0 Å². The zero-order valence-corrected chi connectivity index (χ0v) is 16.3. The standard InChI is InChI=1S/C21H20BrN3O/c1-24(15-20-19(22)14-23-25(20)2)21(26)18(17-11-7-4-8-12-17)13-16-9-5-3-6-10-16/h3-14H,15H2,1-2H3/b18-13-. The average molecular weight is 410 g/mol. The van der Waals surface area contributed by atoms with Crippen LogP contribution in [0.5, 0.6) is 0 Å². The molecule has 26 heavy (non-hydrogen) atoms. The van der Waals surface area contributed by atoms with Crippen LogP contribution in [0.25, 0.3) is 11.6 Å². The van der Waals surface area contributed by atoms with Crippen LogP contribution in [0.2, 0.25) is 0 Å². The molecular formula is C21H20BrN3O. The maximum atomic E-state index is 13.2. The van der Waals surface area contributed by atoms with Crippen molar-refractivity contribution in [1.29, 1.82) is 0 Å². The van der Waals surface area contributed by atoms with E-state index in [-0.39, 0.29) is 5.91 Å². The number of hydrogen-bond donors (Lipinski definition) is 0. The smallest absolute Gasteiger partial charge is 0.254 e. The molecule has 0 unspecified atom stereocenters. The molecule has 2 aromatic carbocycles. The van der Waals surface area contributed by atoms with Crippen LogP contribution in [0.3, 0.4) is 0 Å². The molecule has 1 heterocycles. The molecule has 0 saturated heterocycles. The summed E-state index contributed by atoms with van der Waals surface area (Å²) in [5.41, 5.74) is 3.51. The van der Waals surface area contributed by atoms with Gasteiger partial charge in [0, 0.05) is 19.7 Å². The normalized spacial score (nSPS) is 11.4. The van der Waals surface area contributed by atoms with Gasteiger partial charge < -0.3 is 4.90 Å². The molecule has 0 atom stereocenters. The molecule has 1 amide bonds. The van der Waals surface area contributed by atoms with Gasteiger partial charge in [-0.25, -0.2) is 0 Å². The van der Waals surface area contributed by atoms with Gasteiger partial charge in [0.25, 0.3) is 5.91 Å². The highest BCUT2D eigenvalue weighted by atomic mass is 79.9. The lowest BCUT2D eigenvalue weighted by Gasteiger charge is -2.20. The fraction of sp³-hybridized carbons (Fsp3) is 0.143. The third-order valence-electron chi connectivity index (χ3n) is 4.17. The maximum Gasteiger partial charge on any atom is 0.254 e. The first-order chi connectivity index (χ1) is 12.6. The van der Waals surface area contributed by atoms with E-state index in [2.05, 4.69) is 21.0 Å². The number of hydrogen-bond acceptors (Lipinski definition) is 2. The number of nitrogens with zero attached hydrogens (tertiary/aromatic N) is 3. The minimum atomic E-state index is -0.0341. The highest BCUT2D eigenvalue weighted by Crippen LogP contribution is 2.23. The number of aryl methyl sites for hydroxylation is 1. The number of rotatable bonds is 5. The minimum absolute atomic E-state index is 0.0341. The van der Waals surface area contributed by atoms with E-state index in [0.29, 0.717) is 12.1 Å². The minimum Gasteiger partial charge on any atom is -0.336 e. The van der Waals surface area contributed by atoms with Crippen molar-refractivity contribution >= 4 is 33.5 Å². The number of carbonyl (C=O) groups is 1. The third-order valence-corrected chi connectivity index (χ3v) is 4.83. The summed E-state index contributed by atoms with van der Waals surface area (Å²) < 4.78 is 2.67. The van der Waals surface area contributed by atoms with Crippen molar-refractivity contribution in [2.24, 2.45) is 7.05 Å². The number of likely N-dealkylation sites (N-methyl/N-ethyl adjacent to an activating group) is 1. The zero-order valence-electron chi connectivity index (χ0n) is 14.8. The monoisotopic (exact) mass is 409 g/mol. The van der Waals surface area contributed by atoms with Gasteiger partial charge in [0.05, 0.1) is 22.9 Å². The predicted octanol–water partition coefficient (Wildman–Crippen LogP) is 4.38. The fourth-order valence-corrected chi connectivity index (χ4v) is 3.19. The SMILES string of the molecule is CN(Cc1c(Br)cnn1C)C(=O)/C(=C\c1ccccc1)c1ccccc1. The zero-order chi connectivity index (χ0) is 18.5. The summed E-state index contributed by atoms with van der Waals surface area (Å²) in [5, 5.41) is 4.22. The Morgan fingerprint density at radius 3 is 2.31 bits per heavy atom. The first-order valence-corrected chi connectivity index (χ1v) is 9.09. The van der Waals surface area contributed by atoms with E-state index in [0.717, 1.165) is 21.3 Å². The van der Waals surface area contributed by atoms with Crippen LogP contribution in [0.15, 0.2) is 71.3 Å². The predicted molar refractivity (Wildman–Crippen MR) is 108 cm³/mol. The van der Waals surface area contributed by atoms with Gasteiger partial charge in [0.15, 0.2) is 0 Å². The Labute approximate surface area is 161 Å². The second-order valence-electron chi connectivity index (χ2n) is 6.06. The number of aromatic nitrogens is 2. The summed E-state index contributed by atoms with van der Waals surface area (Å²) in [7, 11) is 3.68. The van der Waals surface area contributed by atoms with E-state index in [1.54, 1.807) is 15.8 Å². The van der Waals surface area contributed by atoms with E-state index in [1.165, 1.54) is 0 Å². The summed E-state index contributed by atoms with van der Waals surface area (Å²) in [6.07, 6.45) is 3.68. The Kier molecular flexibility index (Phi) is 5.68. The summed E-state index contributed by atoms with van der Waals surface area (Å²) in [4.78, 5) is 14.9. The molecular weight excluding hydrogens is 390 g/mol. The Hall–Kier alpha value is -2.66. The highest BCUT2D eigenvalue weighted by Gasteiger charge is 2.19. The van der Waals surface area contributed by atoms with Gasteiger partial charge in [-0.1, -0.05) is 60.7 Å². The van der Waals surface area contributed by atoms with Gasteiger partial charge in [-0.15, -0.1) is 0 Å². The van der Waals surface area contributed by atoms with Gasteiger partial charge in [0.1, 0.15) is 0 Å². The van der Waals surface area contributed by atoms with Crippen LogP contribution < -0.4 is 0 Å². The fourth-order valence-electron chi connectivity index (χ4n) is 2.72. The number of carbonyl (C=O) groups excluding carboxylic acids is 1. The van der Waals surface area contributed by atoms with Crippen LogP contribution in [-0.2, 0) is 18.4 Å². The van der Waals surface area contributed by atoms with Crippen molar-refractivity contribution in [1.82, 2.24) is 14.7 Å². The van der Waals surface area contributed by atoms with Gasteiger partial charge in [-0.05, 0) is 33.1 Å². The molecule has 3 rings (SSSR count). The number of halogens is 1. The van der Waals surface area contributed by atoms with Crippen molar-refractivity contribution < 1.29 is 4.79 Å². The van der Waals surface area contributed by atoms with E-state index >= 15 is 0 Å². The van der Waals surface area contributed by atoms with Crippen molar-refractivity contribution in [2.45, 2.75) is 6.54 Å². The molecule has 5 heteroatoms. The Bertz CT molecular complexity index is 897. The molecule has 1 aromatic heterocycles. The van der Waals surface area contributed by atoms with Gasteiger partial charge in [-0.2, -0.15) is 5.10 Å².